The lowest BCUT2D eigenvalue weighted by Crippen LogP contribution is -2.11. The van der Waals surface area contributed by atoms with Crippen LogP contribution in [0, 0.1) is 11.3 Å². The van der Waals surface area contributed by atoms with E-state index in [4.69, 9.17) is 11.0 Å². The van der Waals surface area contributed by atoms with Crippen molar-refractivity contribution >= 4 is 31.9 Å². The first-order valence-corrected chi connectivity index (χ1v) is 5.17. The summed E-state index contributed by atoms with van der Waals surface area (Å²) in [5, 5.41) is 8.50. The molecule has 0 aliphatic heterocycles. The van der Waals surface area contributed by atoms with Gasteiger partial charge in [0.2, 0.25) is 0 Å². The van der Waals surface area contributed by atoms with Crippen LogP contribution in [0.25, 0.3) is 0 Å². The Kier molecular flexibility index (Phi) is 3.85. The first-order valence-electron chi connectivity index (χ1n) is 3.58. The third kappa shape index (κ3) is 2.50. The third-order valence-electron chi connectivity index (χ3n) is 1.57. The van der Waals surface area contributed by atoms with Crippen molar-refractivity contribution in [2.24, 2.45) is 5.73 Å². The summed E-state index contributed by atoms with van der Waals surface area (Å²) in [6, 6.07) is 1.75. The van der Waals surface area contributed by atoms with Crippen molar-refractivity contribution in [1.29, 1.82) is 5.26 Å². The van der Waals surface area contributed by atoms with Gasteiger partial charge in [-0.3, -0.25) is 4.98 Å². The summed E-state index contributed by atoms with van der Waals surface area (Å²) >= 11 is 6.67. The molecule has 3 nitrogen and oxygen atoms in total. The summed E-state index contributed by atoms with van der Waals surface area (Å²) in [7, 11) is 0. The number of nitrogens with two attached hydrogens (primary N) is 1. The van der Waals surface area contributed by atoms with E-state index in [-0.39, 0.29) is 6.04 Å². The van der Waals surface area contributed by atoms with Crippen molar-refractivity contribution in [2.75, 3.05) is 0 Å². The van der Waals surface area contributed by atoms with Crippen molar-refractivity contribution in [2.45, 2.75) is 12.5 Å². The molecule has 0 aliphatic carbocycles. The standard InChI is InChI=1S/C8H7Br2N3/c9-5-3-13-4-6(10)8(5)7(12)1-2-11/h3-4,7H,1,12H2/t7-/m1/s1. The molecule has 0 unspecified atom stereocenters. The number of pyridine rings is 1. The van der Waals surface area contributed by atoms with Crippen LogP contribution in [-0.2, 0) is 0 Å². The molecule has 0 amide bonds. The highest BCUT2D eigenvalue weighted by molar-refractivity contribution is 9.11. The Morgan fingerprint density at radius 2 is 2.00 bits per heavy atom. The zero-order valence-electron chi connectivity index (χ0n) is 6.67. The molecular weight excluding hydrogens is 298 g/mol. The van der Waals surface area contributed by atoms with Gasteiger partial charge in [0.15, 0.2) is 0 Å². The number of halogens is 2. The van der Waals surface area contributed by atoms with E-state index >= 15 is 0 Å². The lowest BCUT2D eigenvalue weighted by atomic mass is 10.1. The van der Waals surface area contributed by atoms with Crippen molar-refractivity contribution < 1.29 is 0 Å². The molecule has 5 heteroatoms. The molecule has 68 valence electrons. The smallest absolute Gasteiger partial charge is 0.0641 e. The number of nitriles is 1. The van der Waals surface area contributed by atoms with E-state index < -0.39 is 0 Å². The van der Waals surface area contributed by atoms with Gasteiger partial charge in [-0.1, -0.05) is 0 Å². The normalized spacial score (nSPS) is 12.2. The molecule has 0 aliphatic rings. The molecule has 1 aromatic rings. The average Bonchev–Trinajstić information content (AvgIpc) is 2.04. The van der Waals surface area contributed by atoms with Gasteiger partial charge in [0.25, 0.3) is 0 Å². The largest absolute Gasteiger partial charge is 0.323 e. The van der Waals surface area contributed by atoms with Gasteiger partial charge in [0.1, 0.15) is 0 Å². The van der Waals surface area contributed by atoms with Crippen LogP contribution in [-0.4, -0.2) is 4.98 Å². The Hall–Kier alpha value is -0.440. The molecule has 0 radical (unpaired) electrons. The lowest BCUT2D eigenvalue weighted by Gasteiger charge is -2.11. The van der Waals surface area contributed by atoms with E-state index in [2.05, 4.69) is 36.8 Å². The molecule has 0 bridgehead atoms. The van der Waals surface area contributed by atoms with Crippen LogP contribution in [0.5, 0.6) is 0 Å². The molecule has 0 spiro atoms. The van der Waals surface area contributed by atoms with Crippen molar-refractivity contribution in [3.05, 3.63) is 26.9 Å². The fourth-order valence-corrected chi connectivity index (χ4v) is 2.49. The second-order valence-electron chi connectivity index (χ2n) is 2.49. The van der Waals surface area contributed by atoms with Crippen molar-refractivity contribution in [3.63, 3.8) is 0 Å². The molecule has 1 rings (SSSR count). The summed E-state index contributed by atoms with van der Waals surface area (Å²) in [6.07, 6.45) is 3.62. The van der Waals surface area contributed by atoms with Crippen LogP contribution in [0.15, 0.2) is 21.3 Å². The van der Waals surface area contributed by atoms with Crippen LogP contribution in [0.3, 0.4) is 0 Å². The van der Waals surface area contributed by atoms with E-state index in [1.807, 2.05) is 6.07 Å². The summed E-state index contributed by atoms with van der Waals surface area (Å²) in [5.74, 6) is 0. The van der Waals surface area contributed by atoms with Gasteiger partial charge in [0, 0.05) is 32.9 Å². The highest BCUT2D eigenvalue weighted by Crippen LogP contribution is 2.29. The van der Waals surface area contributed by atoms with Gasteiger partial charge in [-0.05, 0) is 31.9 Å². The molecule has 1 aromatic heterocycles. The minimum Gasteiger partial charge on any atom is -0.323 e. The molecule has 2 N–H and O–H groups in total. The summed E-state index contributed by atoms with van der Waals surface area (Å²) in [6.45, 7) is 0. The zero-order valence-corrected chi connectivity index (χ0v) is 9.84. The molecular formula is C8H7Br2N3. The van der Waals surface area contributed by atoms with E-state index in [0.717, 1.165) is 14.5 Å². The number of hydrogen-bond donors (Lipinski definition) is 1. The number of hydrogen-bond acceptors (Lipinski definition) is 3. The van der Waals surface area contributed by atoms with Crippen LogP contribution in [0.4, 0.5) is 0 Å². The monoisotopic (exact) mass is 303 g/mol. The van der Waals surface area contributed by atoms with Gasteiger partial charge in [-0.2, -0.15) is 5.26 Å². The zero-order chi connectivity index (χ0) is 9.84. The van der Waals surface area contributed by atoms with Gasteiger partial charge in [-0.15, -0.1) is 0 Å². The Labute approximate surface area is 93.2 Å². The van der Waals surface area contributed by atoms with E-state index in [9.17, 15) is 0 Å². The number of nitrogens with zero attached hydrogens (tertiary/aromatic N) is 2. The maximum Gasteiger partial charge on any atom is 0.0641 e. The van der Waals surface area contributed by atoms with Gasteiger partial charge >= 0.3 is 0 Å². The summed E-state index contributed by atoms with van der Waals surface area (Å²) in [4.78, 5) is 3.95. The average molecular weight is 305 g/mol. The Morgan fingerprint density at radius 1 is 1.46 bits per heavy atom. The SMILES string of the molecule is N#CC[C@@H](N)c1c(Br)cncc1Br. The van der Waals surface area contributed by atoms with Crippen molar-refractivity contribution in [1.82, 2.24) is 4.98 Å². The van der Waals surface area contributed by atoms with Crippen molar-refractivity contribution in [3.8, 4) is 6.07 Å². The Morgan fingerprint density at radius 3 is 2.46 bits per heavy atom. The summed E-state index contributed by atoms with van der Waals surface area (Å²) in [5.41, 5.74) is 6.68. The predicted octanol–water partition coefficient (Wildman–Crippen LogP) is 2.52. The Balaban J connectivity index is 3.06. The van der Waals surface area contributed by atoms with E-state index in [1.165, 1.54) is 0 Å². The quantitative estimate of drug-likeness (QED) is 0.913. The second-order valence-corrected chi connectivity index (χ2v) is 4.19. The highest BCUT2D eigenvalue weighted by atomic mass is 79.9. The number of aromatic nitrogens is 1. The highest BCUT2D eigenvalue weighted by Gasteiger charge is 2.13. The topological polar surface area (TPSA) is 62.7 Å². The Bertz CT molecular complexity index is 325. The van der Waals surface area contributed by atoms with Crippen LogP contribution in [0.1, 0.15) is 18.0 Å². The van der Waals surface area contributed by atoms with Gasteiger partial charge in [0.05, 0.1) is 12.5 Å². The third-order valence-corrected chi connectivity index (χ3v) is 2.84. The minimum absolute atomic E-state index is 0.281. The molecule has 1 heterocycles. The predicted molar refractivity (Wildman–Crippen MR) is 56.8 cm³/mol. The first-order chi connectivity index (χ1) is 6.16. The first kappa shape index (κ1) is 10.6. The number of rotatable bonds is 2. The maximum atomic E-state index is 8.50. The molecule has 0 saturated heterocycles. The fraction of sp³-hybridized carbons (Fsp3) is 0.250. The molecule has 13 heavy (non-hydrogen) atoms. The van der Waals surface area contributed by atoms with E-state index in [0.29, 0.717) is 6.42 Å². The van der Waals surface area contributed by atoms with Crippen LogP contribution >= 0.6 is 31.9 Å². The summed E-state index contributed by atoms with van der Waals surface area (Å²) < 4.78 is 1.65. The van der Waals surface area contributed by atoms with E-state index in [1.54, 1.807) is 12.4 Å². The molecule has 0 saturated carbocycles. The van der Waals surface area contributed by atoms with Crippen LogP contribution < -0.4 is 5.73 Å². The second kappa shape index (κ2) is 4.70. The minimum atomic E-state index is -0.281. The lowest BCUT2D eigenvalue weighted by molar-refractivity contribution is 0.738. The van der Waals surface area contributed by atoms with Gasteiger partial charge < -0.3 is 5.73 Å². The molecule has 0 fully saturated rings. The fourth-order valence-electron chi connectivity index (χ4n) is 0.976. The van der Waals surface area contributed by atoms with Gasteiger partial charge in [-0.25, -0.2) is 0 Å². The van der Waals surface area contributed by atoms with Crippen LogP contribution in [0.2, 0.25) is 0 Å². The maximum absolute atomic E-state index is 8.50. The molecule has 0 aromatic carbocycles. The molecule has 1 atom stereocenters.